The van der Waals surface area contributed by atoms with Gasteiger partial charge in [-0.3, -0.25) is 9.98 Å². The summed E-state index contributed by atoms with van der Waals surface area (Å²) in [5, 5.41) is 10.6. The highest BCUT2D eigenvalue weighted by Crippen LogP contribution is 2.25. The second kappa shape index (κ2) is 4.97. The molecule has 0 saturated carbocycles. The van der Waals surface area contributed by atoms with E-state index in [-0.39, 0.29) is 11.3 Å². The van der Waals surface area contributed by atoms with E-state index in [1.165, 1.54) is 6.21 Å². The van der Waals surface area contributed by atoms with Gasteiger partial charge in [0.25, 0.3) is 0 Å². The van der Waals surface area contributed by atoms with E-state index in [0.717, 1.165) is 0 Å². The van der Waals surface area contributed by atoms with Gasteiger partial charge in [-0.15, -0.1) is 0 Å². The zero-order valence-corrected chi connectivity index (χ0v) is 10.4. The van der Waals surface area contributed by atoms with Gasteiger partial charge in [-0.25, -0.2) is 4.79 Å². The predicted octanol–water partition coefficient (Wildman–Crippen LogP) is 2.64. The number of para-hydroxylation sites is 1. The van der Waals surface area contributed by atoms with Crippen LogP contribution in [0.3, 0.4) is 0 Å². The number of aliphatic imine (C=N–C) groups is 1. The third-order valence-electron chi connectivity index (χ3n) is 2.83. The first-order valence-electron chi connectivity index (χ1n) is 5.94. The van der Waals surface area contributed by atoms with Crippen LogP contribution < -0.4 is 5.63 Å². The quantitative estimate of drug-likeness (QED) is 0.571. The molecule has 0 unspecified atom stereocenters. The summed E-state index contributed by atoms with van der Waals surface area (Å²) >= 11 is 0. The second-order valence-corrected chi connectivity index (χ2v) is 4.11. The van der Waals surface area contributed by atoms with Gasteiger partial charge >= 0.3 is 5.63 Å². The van der Waals surface area contributed by atoms with Crippen molar-refractivity contribution < 1.29 is 9.52 Å². The predicted molar refractivity (Wildman–Crippen MR) is 75.6 cm³/mol. The molecule has 0 spiro atoms. The Hall–Kier alpha value is -2.95. The van der Waals surface area contributed by atoms with E-state index in [9.17, 15) is 9.90 Å². The van der Waals surface area contributed by atoms with Crippen LogP contribution in [0, 0.1) is 0 Å². The van der Waals surface area contributed by atoms with E-state index < -0.39 is 5.63 Å². The van der Waals surface area contributed by atoms with Crippen molar-refractivity contribution >= 4 is 22.9 Å². The Kier molecular flexibility index (Phi) is 3.01. The minimum absolute atomic E-state index is 0.0283. The summed E-state index contributed by atoms with van der Waals surface area (Å²) in [4.78, 5) is 19.8. The fraction of sp³-hybridized carbons (Fsp3) is 0. The third kappa shape index (κ3) is 2.16. The molecule has 2 aromatic heterocycles. The van der Waals surface area contributed by atoms with Crippen molar-refractivity contribution in [3.05, 3.63) is 64.8 Å². The number of pyridine rings is 1. The van der Waals surface area contributed by atoms with Crippen LogP contribution in [-0.2, 0) is 0 Å². The smallest absolute Gasteiger partial charge is 0.348 e. The van der Waals surface area contributed by atoms with Gasteiger partial charge in [0.15, 0.2) is 0 Å². The van der Waals surface area contributed by atoms with Crippen LogP contribution in [0.25, 0.3) is 11.0 Å². The van der Waals surface area contributed by atoms with Gasteiger partial charge in [0.2, 0.25) is 0 Å². The summed E-state index contributed by atoms with van der Waals surface area (Å²) in [6, 6.07) is 10.2. The van der Waals surface area contributed by atoms with Gasteiger partial charge in [-0.05, 0) is 24.3 Å². The van der Waals surface area contributed by atoms with Gasteiger partial charge in [-0.1, -0.05) is 12.1 Å². The number of aromatic hydroxyl groups is 1. The minimum atomic E-state index is -0.626. The highest BCUT2D eigenvalue weighted by Gasteiger charge is 2.11. The molecule has 0 aliphatic rings. The van der Waals surface area contributed by atoms with E-state index in [2.05, 4.69) is 9.98 Å². The highest BCUT2D eigenvalue weighted by atomic mass is 16.4. The summed E-state index contributed by atoms with van der Waals surface area (Å²) in [5.74, 6) is -0.130. The van der Waals surface area contributed by atoms with Crippen molar-refractivity contribution in [2.75, 3.05) is 0 Å². The Morgan fingerprint density at radius 2 is 1.90 bits per heavy atom. The van der Waals surface area contributed by atoms with Gasteiger partial charge in [-0.2, -0.15) is 0 Å². The standard InChI is InChI=1S/C15H10N2O3/c18-14-11-3-1-2-4-13(11)20-15(19)12(14)9-17-10-5-7-16-8-6-10/h1-9,18H. The van der Waals surface area contributed by atoms with E-state index >= 15 is 0 Å². The van der Waals surface area contributed by atoms with Crippen LogP contribution in [0.4, 0.5) is 5.69 Å². The van der Waals surface area contributed by atoms with E-state index in [1.54, 1.807) is 48.8 Å². The molecule has 0 bridgehead atoms. The van der Waals surface area contributed by atoms with Crippen LogP contribution in [-0.4, -0.2) is 16.3 Å². The van der Waals surface area contributed by atoms with Gasteiger partial charge in [0.05, 0.1) is 11.1 Å². The van der Waals surface area contributed by atoms with Crippen LogP contribution >= 0.6 is 0 Å². The van der Waals surface area contributed by atoms with Crippen molar-refractivity contribution in [3.8, 4) is 5.75 Å². The average molecular weight is 266 g/mol. The van der Waals surface area contributed by atoms with Crippen LogP contribution in [0.1, 0.15) is 5.56 Å². The molecule has 0 saturated heterocycles. The summed E-state index contributed by atoms with van der Waals surface area (Å²) in [5.41, 5.74) is 0.377. The maximum atomic E-state index is 11.8. The first-order valence-corrected chi connectivity index (χ1v) is 5.94. The van der Waals surface area contributed by atoms with E-state index in [4.69, 9.17) is 4.42 Å². The second-order valence-electron chi connectivity index (χ2n) is 4.11. The maximum Gasteiger partial charge on any atom is 0.348 e. The molecule has 20 heavy (non-hydrogen) atoms. The number of hydrogen-bond donors (Lipinski definition) is 1. The molecule has 3 rings (SSSR count). The molecular formula is C15H10N2O3. The summed E-state index contributed by atoms with van der Waals surface area (Å²) < 4.78 is 5.14. The Morgan fingerprint density at radius 1 is 1.15 bits per heavy atom. The third-order valence-corrected chi connectivity index (χ3v) is 2.83. The Morgan fingerprint density at radius 3 is 2.70 bits per heavy atom. The molecule has 5 heteroatoms. The maximum absolute atomic E-state index is 11.8. The fourth-order valence-electron chi connectivity index (χ4n) is 1.83. The number of hydrogen-bond acceptors (Lipinski definition) is 5. The van der Waals surface area contributed by atoms with Crippen LogP contribution in [0.5, 0.6) is 5.75 Å². The van der Waals surface area contributed by atoms with Crippen molar-refractivity contribution in [1.29, 1.82) is 0 Å². The molecule has 0 fully saturated rings. The lowest BCUT2D eigenvalue weighted by atomic mass is 10.1. The van der Waals surface area contributed by atoms with Crippen molar-refractivity contribution in [1.82, 2.24) is 4.98 Å². The first-order chi connectivity index (χ1) is 9.75. The molecule has 2 heterocycles. The summed E-state index contributed by atoms with van der Waals surface area (Å²) in [6.07, 6.45) is 4.48. The number of nitrogens with zero attached hydrogens (tertiary/aromatic N) is 2. The van der Waals surface area contributed by atoms with Gasteiger partial charge in [0, 0.05) is 18.6 Å². The Labute approximate surface area is 113 Å². The fourth-order valence-corrected chi connectivity index (χ4v) is 1.83. The number of rotatable bonds is 2. The van der Waals surface area contributed by atoms with Gasteiger partial charge < -0.3 is 9.52 Å². The lowest BCUT2D eigenvalue weighted by Gasteiger charge is -2.02. The van der Waals surface area contributed by atoms with E-state index in [0.29, 0.717) is 16.7 Å². The lowest BCUT2D eigenvalue weighted by Crippen LogP contribution is -2.06. The summed E-state index contributed by atoms with van der Waals surface area (Å²) in [6.45, 7) is 0. The van der Waals surface area contributed by atoms with Crippen molar-refractivity contribution in [2.24, 2.45) is 4.99 Å². The SMILES string of the molecule is O=c1oc2ccccc2c(O)c1C=Nc1ccncc1. The average Bonchev–Trinajstić information content (AvgIpc) is 2.48. The zero-order chi connectivity index (χ0) is 13.9. The lowest BCUT2D eigenvalue weighted by molar-refractivity contribution is 0.466. The molecule has 5 nitrogen and oxygen atoms in total. The Bertz CT molecular complexity index is 839. The topological polar surface area (TPSA) is 75.7 Å². The van der Waals surface area contributed by atoms with Crippen LogP contribution in [0.2, 0.25) is 0 Å². The molecule has 98 valence electrons. The molecule has 1 N–H and O–H groups in total. The minimum Gasteiger partial charge on any atom is -0.506 e. The number of benzene rings is 1. The highest BCUT2D eigenvalue weighted by molar-refractivity contribution is 5.94. The molecule has 0 atom stereocenters. The van der Waals surface area contributed by atoms with Gasteiger partial charge in [0.1, 0.15) is 16.9 Å². The van der Waals surface area contributed by atoms with E-state index in [1.807, 2.05) is 0 Å². The summed E-state index contributed by atoms with van der Waals surface area (Å²) in [7, 11) is 0. The molecule has 0 amide bonds. The van der Waals surface area contributed by atoms with Crippen LogP contribution in [0.15, 0.2) is 63.0 Å². The largest absolute Gasteiger partial charge is 0.506 e. The molecule has 3 aromatic rings. The van der Waals surface area contributed by atoms with Crippen molar-refractivity contribution in [3.63, 3.8) is 0 Å². The first kappa shape index (κ1) is 12.1. The molecule has 0 radical (unpaired) electrons. The molecule has 0 aliphatic carbocycles. The molecule has 1 aromatic carbocycles. The monoisotopic (exact) mass is 266 g/mol. The van der Waals surface area contributed by atoms with Crippen molar-refractivity contribution in [2.45, 2.75) is 0 Å². The normalized spacial score (nSPS) is 11.2. The zero-order valence-electron chi connectivity index (χ0n) is 10.4. The number of aromatic nitrogens is 1. The molecular weight excluding hydrogens is 256 g/mol. The number of fused-ring (bicyclic) bond motifs is 1. The Balaban J connectivity index is 2.12. The molecule has 0 aliphatic heterocycles.